The average Bonchev–Trinajstić information content (AvgIpc) is 2.64. The summed E-state index contributed by atoms with van der Waals surface area (Å²) in [6.07, 6.45) is 3.77. The lowest BCUT2D eigenvalue weighted by Crippen LogP contribution is -1.97. The lowest BCUT2D eigenvalue weighted by molar-refractivity contribution is 0.971. The zero-order chi connectivity index (χ0) is 10.8. The molecule has 1 aromatic heterocycles. The molecule has 0 radical (unpaired) electrons. The monoisotopic (exact) mass is 220 g/mol. The Labute approximate surface area is 94.5 Å². The van der Waals surface area contributed by atoms with E-state index < -0.39 is 0 Å². The van der Waals surface area contributed by atoms with E-state index in [1.54, 1.807) is 6.20 Å². The molecule has 3 heteroatoms. The van der Waals surface area contributed by atoms with Crippen LogP contribution in [0.5, 0.6) is 0 Å². The van der Waals surface area contributed by atoms with Crippen molar-refractivity contribution in [1.29, 1.82) is 0 Å². The van der Waals surface area contributed by atoms with Crippen LogP contribution in [0.4, 0.5) is 0 Å². The normalized spacial score (nSPS) is 10.6. The van der Waals surface area contributed by atoms with Gasteiger partial charge in [-0.2, -0.15) is 0 Å². The van der Waals surface area contributed by atoms with Crippen LogP contribution in [0.3, 0.4) is 0 Å². The summed E-state index contributed by atoms with van der Waals surface area (Å²) in [5.74, 6) is 1.56. The molecule has 0 unspecified atom stereocenters. The van der Waals surface area contributed by atoms with Gasteiger partial charge < -0.3 is 4.57 Å². The van der Waals surface area contributed by atoms with Gasteiger partial charge in [-0.25, -0.2) is 4.98 Å². The van der Waals surface area contributed by atoms with Crippen molar-refractivity contribution in [3.8, 4) is 5.69 Å². The second kappa shape index (κ2) is 4.07. The van der Waals surface area contributed by atoms with Crippen LogP contribution < -0.4 is 0 Å². The number of halogens is 1. The highest BCUT2D eigenvalue weighted by Crippen LogP contribution is 2.17. The third-order valence-electron chi connectivity index (χ3n) is 2.57. The third-order valence-corrected chi connectivity index (χ3v) is 2.86. The van der Waals surface area contributed by atoms with E-state index in [0.29, 0.717) is 5.88 Å². The van der Waals surface area contributed by atoms with E-state index in [2.05, 4.69) is 34.7 Å². The van der Waals surface area contributed by atoms with Gasteiger partial charge in [0, 0.05) is 24.0 Å². The molecule has 0 saturated carbocycles. The summed E-state index contributed by atoms with van der Waals surface area (Å²) in [5, 5.41) is 0. The lowest BCUT2D eigenvalue weighted by Gasteiger charge is -2.08. The highest BCUT2D eigenvalue weighted by molar-refractivity contribution is 6.17. The van der Waals surface area contributed by atoms with Gasteiger partial charge in [0.15, 0.2) is 0 Å². The minimum atomic E-state index is 0.565. The summed E-state index contributed by atoms with van der Waals surface area (Å²) in [4.78, 5) is 4.20. The van der Waals surface area contributed by atoms with Crippen LogP contribution in [0.25, 0.3) is 5.69 Å². The Kier molecular flexibility index (Phi) is 2.78. The van der Waals surface area contributed by atoms with Crippen LogP contribution in [-0.4, -0.2) is 9.55 Å². The second-order valence-electron chi connectivity index (χ2n) is 3.59. The van der Waals surface area contributed by atoms with E-state index in [0.717, 1.165) is 11.5 Å². The molecule has 1 heterocycles. The molecule has 15 heavy (non-hydrogen) atoms. The van der Waals surface area contributed by atoms with Gasteiger partial charge in [-0.15, -0.1) is 11.6 Å². The van der Waals surface area contributed by atoms with E-state index in [9.17, 15) is 0 Å². The first-order valence-electron chi connectivity index (χ1n) is 4.88. The maximum atomic E-state index is 5.82. The number of nitrogens with zero attached hydrogens (tertiary/aromatic N) is 2. The molecule has 2 aromatic rings. The Balaban J connectivity index is 2.47. The van der Waals surface area contributed by atoms with Crippen molar-refractivity contribution >= 4 is 11.6 Å². The Morgan fingerprint density at radius 3 is 2.67 bits per heavy atom. The quantitative estimate of drug-likeness (QED) is 0.711. The summed E-state index contributed by atoms with van der Waals surface area (Å²) in [5.41, 5.74) is 3.53. The molecule has 0 aliphatic heterocycles. The van der Waals surface area contributed by atoms with Gasteiger partial charge in [0.1, 0.15) is 5.82 Å². The summed E-state index contributed by atoms with van der Waals surface area (Å²) >= 11 is 5.82. The van der Waals surface area contributed by atoms with Crippen LogP contribution in [0, 0.1) is 13.8 Å². The number of hydrogen-bond donors (Lipinski definition) is 0. The fourth-order valence-corrected chi connectivity index (χ4v) is 1.93. The lowest BCUT2D eigenvalue weighted by atomic mass is 10.1. The summed E-state index contributed by atoms with van der Waals surface area (Å²) in [6.45, 7) is 4.07. The van der Waals surface area contributed by atoms with Crippen molar-refractivity contribution in [2.75, 3.05) is 0 Å². The Hall–Kier alpha value is -1.28. The molecule has 0 bridgehead atoms. The number of benzene rings is 1. The van der Waals surface area contributed by atoms with Crippen LogP contribution in [-0.2, 0) is 5.88 Å². The summed E-state index contributed by atoms with van der Waals surface area (Å²) in [6, 6.07) is 6.27. The van der Waals surface area contributed by atoms with Crippen molar-refractivity contribution in [2.24, 2.45) is 0 Å². The molecule has 0 fully saturated rings. The number of aromatic nitrogens is 2. The molecular formula is C12H13ClN2. The Morgan fingerprint density at radius 1 is 1.33 bits per heavy atom. The number of rotatable bonds is 2. The van der Waals surface area contributed by atoms with Gasteiger partial charge in [-0.3, -0.25) is 0 Å². The van der Waals surface area contributed by atoms with Crippen molar-refractivity contribution in [1.82, 2.24) is 9.55 Å². The second-order valence-corrected chi connectivity index (χ2v) is 3.86. The van der Waals surface area contributed by atoms with E-state index in [1.807, 2.05) is 13.1 Å². The van der Waals surface area contributed by atoms with Crippen LogP contribution >= 0.6 is 11.6 Å². The third kappa shape index (κ3) is 1.90. The van der Waals surface area contributed by atoms with Crippen molar-refractivity contribution in [3.63, 3.8) is 0 Å². The van der Waals surface area contributed by atoms with E-state index >= 15 is 0 Å². The molecular weight excluding hydrogens is 208 g/mol. The van der Waals surface area contributed by atoms with E-state index in [1.165, 1.54) is 11.1 Å². The fraction of sp³-hybridized carbons (Fsp3) is 0.250. The van der Waals surface area contributed by atoms with Gasteiger partial charge >= 0.3 is 0 Å². The number of hydrogen-bond acceptors (Lipinski definition) is 1. The minimum Gasteiger partial charge on any atom is -0.304 e. The topological polar surface area (TPSA) is 17.8 Å². The molecule has 0 spiro atoms. The van der Waals surface area contributed by atoms with Crippen LogP contribution in [0.15, 0.2) is 30.6 Å². The first-order chi connectivity index (χ1) is 7.22. The largest absolute Gasteiger partial charge is 0.304 e. The van der Waals surface area contributed by atoms with Gasteiger partial charge in [0.05, 0.1) is 0 Å². The number of imidazole rings is 1. The molecule has 1 aromatic carbocycles. The fourth-order valence-electron chi connectivity index (χ4n) is 1.63. The highest BCUT2D eigenvalue weighted by Gasteiger charge is 2.02. The smallest absolute Gasteiger partial charge is 0.110 e. The van der Waals surface area contributed by atoms with E-state index in [-0.39, 0.29) is 0 Å². The molecule has 0 N–H and O–H groups in total. The maximum absolute atomic E-state index is 5.82. The average molecular weight is 221 g/mol. The Morgan fingerprint density at radius 2 is 2.13 bits per heavy atom. The number of alkyl halides is 1. The molecule has 0 amide bonds. The summed E-state index contributed by atoms with van der Waals surface area (Å²) in [7, 11) is 0. The molecule has 0 aliphatic rings. The molecule has 0 aliphatic carbocycles. The van der Waals surface area contributed by atoms with Gasteiger partial charge in [-0.05, 0) is 37.1 Å². The van der Waals surface area contributed by atoms with Crippen molar-refractivity contribution in [2.45, 2.75) is 19.7 Å². The number of aryl methyl sites for hydroxylation is 2. The zero-order valence-corrected chi connectivity index (χ0v) is 9.62. The molecule has 2 nitrogen and oxygen atoms in total. The molecule has 2 rings (SSSR count). The van der Waals surface area contributed by atoms with Crippen LogP contribution in [0.1, 0.15) is 17.0 Å². The predicted octanol–water partition coefficient (Wildman–Crippen LogP) is 3.23. The summed E-state index contributed by atoms with van der Waals surface area (Å²) < 4.78 is 2.06. The first kappa shape index (κ1) is 10.2. The van der Waals surface area contributed by atoms with Gasteiger partial charge in [0.2, 0.25) is 0 Å². The van der Waals surface area contributed by atoms with Gasteiger partial charge in [0.25, 0.3) is 0 Å². The minimum absolute atomic E-state index is 0.565. The zero-order valence-electron chi connectivity index (χ0n) is 8.87. The highest BCUT2D eigenvalue weighted by atomic mass is 35.5. The molecule has 0 atom stereocenters. The van der Waals surface area contributed by atoms with Crippen LogP contribution in [0.2, 0.25) is 0 Å². The first-order valence-corrected chi connectivity index (χ1v) is 5.41. The van der Waals surface area contributed by atoms with Crippen molar-refractivity contribution < 1.29 is 0 Å². The molecule has 78 valence electrons. The van der Waals surface area contributed by atoms with Gasteiger partial charge in [-0.1, -0.05) is 6.07 Å². The molecule has 0 saturated heterocycles. The SMILES string of the molecule is Cc1cc(-n2ccnc2C)ccc1CCl. The van der Waals surface area contributed by atoms with Crippen molar-refractivity contribution in [3.05, 3.63) is 47.5 Å². The maximum Gasteiger partial charge on any atom is 0.110 e. The standard InChI is InChI=1S/C12H13ClN2/c1-9-7-12(4-3-11(9)8-13)15-6-5-14-10(15)2/h3-7H,8H2,1-2H3. The predicted molar refractivity (Wildman–Crippen MR) is 62.6 cm³/mol. The Bertz CT molecular complexity index is 474. The van der Waals surface area contributed by atoms with E-state index in [4.69, 9.17) is 11.6 Å².